The van der Waals surface area contributed by atoms with Gasteiger partial charge in [0.2, 0.25) is 5.91 Å². The highest BCUT2D eigenvalue weighted by atomic mass is 16.3. The van der Waals surface area contributed by atoms with E-state index in [9.17, 15) is 9.59 Å². The Morgan fingerprint density at radius 2 is 1.57 bits per heavy atom. The number of anilines is 3. The predicted molar refractivity (Wildman–Crippen MR) is 109 cm³/mol. The van der Waals surface area contributed by atoms with Crippen LogP contribution in [0.4, 0.5) is 17.1 Å². The minimum absolute atomic E-state index is 0.0580. The highest BCUT2D eigenvalue weighted by Crippen LogP contribution is 2.18. The van der Waals surface area contributed by atoms with Crippen LogP contribution in [0.2, 0.25) is 0 Å². The summed E-state index contributed by atoms with van der Waals surface area (Å²) in [5.74, 6) is -0.534. The van der Waals surface area contributed by atoms with Gasteiger partial charge in [0.05, 0.1) is 12.7 Å². The Labute approximate surface area is 162 Å². The zero-order valence-electron chi connectivity index (χ0n) is 15.3. The van der Waals surface area contributed by atoms with Gasteiger partial charge in [-0.05, 0) is 55.5 Å². The molecule has 1 heterocycles. The van der Waals surface area contributed by atoms with E-state index in [0.717, 1.165) is 11.4 Å². The molecule has 0 bridgehead atoms. The van der Waals surface area contributed by atoms with E-state index in [0.29, 0.717) is 11.4 Å². The molecule has 0 saturated heterocycles. The van der Waals surface area contributed by atoms with Gasteiger partial charge in [-0.25, -0.2) is 5.43 Å². The first kappa shape index (κ1) is 18.9. The normalized spacial score (nSPS) is 11.0. The Balaban J connectivity index is 1.48. The molecule has 2 aromatic carbocycles. The minimum Gasteiger partial charge on any atom is -0.459 e. The van der Waals surface area contributed by atoms with Crippen molar-refractivity contribution in [1.82, 2.24) is 5.43 Å². The summed E-state index contributed by atoms with van der Waals surface area (Å²) < 4.78 is 4.97. The lowest BCUT2D eigenvalue weighted by Gasteiger charge is -2.09. The summed E-state index contributed by atoms with van der Waals surface area (Å²) in [7, 11) is 0. The first-order chi connectivity index (χ1) is 13.6. The van der Waals surface area contributed by atoms with E-state index in [1.807, 2.05) is 54.6 Å². The van der Waals surface area contributed by atoms with Crippen molar-refractivity contribution in [2.75, 3.05) is 10.6 Å². The number of benzene rings is 2. The molecule has 0 saturated carbocycles. The lowest BCUT2D eigenvalue weighted by Crippen LogP contribution is -2.21. The van der Waals surface area contributed by atoms with Crippen LogP contribution in [0, 0.1) is 0 Å². The van der Waals surface area contributed by atoms with Gasteiger partial charge in [0.15, 0.2) is 5.76 Å². The lowest BCUT2D eigenvalue weighted by molar-refractivity contribution is -0.115. The number of carbonyl (C=O) groups is 2. The standard InChI is InChI=1S/C21H20N4O3/c1-15(24-25-21(27)19-8-5-13-28-19)14-20(26)23-18-11-9-17(10-12-18)22-16-6-3-2-4-7-16/h2-13,22H,14H2,1H3,(H,23,26)(H,25,27)/b24-15-. The van der Waals surface area contributed by atoms with Gasteiger partial charge >= 0.3 is 5.91 Å². The van der Waals surface area contributed by atoms with Gasteiger partial charge in [-0.15, -0.1) is 0 Å². The molecule has 3 rings (SSSR count). The average Bonchev–Trinajstić information content (AvgIpc) is 3.23. The molecule has 0 unspecified atom stereocenters. The topological polar surface area (TPSA) is 95.7 Å². The van der Waals surface area contributed by atoms with Crippen molar-refractivity contribution in [3.05, 3.63) is 78.8 Å². The van der Waals surface area contributed by atoms with Crippen LogP contribution >= 0.6 is 0 Å². The molecule has 142 valence electrons. The molecule has 3 aromatic rings. The second-order valence-corrected chi connectivity index (χ2v) is 6.06. The second kappa shape index (κ2) is 9.18. The van der Waals surface area contributed by atoms with E-state index >= 15 is 0 Å². The van der Waals surface area contributed by atoms with Crippen molar-refractivity contribution in [3.63, 3.8) is 0 Å². The van der Waals surface area contributed by atoms with Gasteiger partial charge in [0.1, 0.15) is 0 Å². The van der Waals surface area contributed by atoms with Crippen LogP contribution in [0.25, 0.3) is 0 Å². The van der Waals surface area contributed by atoms with Gasteiger partial charge in [0, 0.05) is 22.8 Å². The zero-order valence-corrected chi connectivity index (χ0v) is 15.3. The van der Waals surface area contributed by atoms with Crippen LogP contribution in [-0.4, -0.2) is 17.5 Å². The summed E-state index contributed by atoms with van der Waals surface area (Å²) in [5.41, 5.74) is 5.41. The van der Waals surface area contributed by atoms with E-state index in [1.54, 1.807) is 13.0 Å². The summed E-state index contributed by atoms with van der Waals surface area (Å²) >= 11 is 0. The number of hydrogen-bond donors (Lipinski definition) is 3. The van der Waals surface area contributed by atoms with Crippen molar-refractivity contribution in [1.29, 1.82) is 0 Å². The molecule has 1 aromatic heterocycles. The smallest absolute Gasteiger partial charge is 0.307 e. The van der Waals surface area contributed by atoms with Gasteiger partial charge in [-0.2, -0.15) is 5.10 Å². The molecule has 0 radical (unpaired) electrons. The summed E-state index contributed by atoms with van der Waals surface area (Å²) in [5, 5.41) is 9.99. The van der Waals surface area contributed by atoms with Crippen molar-refractivity contribution < 1.29 is 14.0 Å². The molecular formula is C21H20N4O3. The Hall–Kier alpha value is -3.87. The summed E-state index contributed by atoms with van der Waals surface area (Å²) in [6, 6.07) is 20.4. The Kier molecular flexibility index (Phi) is 6.20. The van der Waals surface area contributed by atoms with Crippen molar-refractivity contribution in [2.45, 2.75) is 13.3 Å². The molecule has 0 atom stereocenters. The number of furan rings is 1. The summed E-state index contributed by atoms with van der Waals surface area (Å²) in [6.07, 6.45) is 1.46. The van der Waals surface area contributed by atoms with E-state index in [-0.39, 0.29) is 18.1 Å². The molecule has 0 aliphatic carbocycles. The molecule has 28 heavy (non-hydrogen) atoms. The maximum absolute atomic E-state index is 12.1. The number of amides is 2. The molecule has 3 N–H and O–H groups in total. The molecule has 0 spiro atoms. The molecule has 7 nitrogen and oxygen atoms in total. The summed E-state index contributed by atoms with van der Waals surface area (Å²) in [4.78, 5) is 23.9. The quantitative estimate of drug-likeness (QED) is 0.426. The summed E-state index contributed by atoms with van der Waals surface area (Å²) in [6.45, 7) is 1.66. The molecule has 2 amide bonds. The Morgan fingerprint density at radius 1 is 0.893 bits per heavy atom. The van der Waals surface area contributed by atoms with Gasteiger partial charge < -0.3 is 15.1 Å². The Morgan fingerprint density at radius 3 is 2.25 bits per heavy atom. The molecule has 0 aliphatic rings. The van der Waals surface area contributed by atoms with Crippen LogP contribution in [0.15, 0.2) is 82.5 Å². The number of para-hydroxylation sites is 1. The first-order valence-electron chi connectivity index (χ1n) is 8.69. The fourth-order valence-corrected chi connectivity index (χ4v) is 2.41. The van der Waals surface area contributed by atoms with Gasteiger partial charge in [-0.3, -0.25) is 9.59 Å². The van der Waals surface area contributed by atoms with Crippen LogP contribution in [0.3, 0.4) is 0 Å². The molecule has 0 fully saturated rings. The number of hydrazone groups is 1. The van der Waals surface area contributed by atoms with Crippen molar-refractivity contribution in [2.24, 2.45) is 5.10 Å². The number of rotatable bonds is 7. The SMILES string of the molecule is C/C(CC(=O)Nc1ccc(Nc2ccccc2)cc1)=N/NC(=O)c1ccco1. The molecular weight excluding hydrogens is 356 g/mol. The van der Waals surface area contributed by atoms with Crippen molar-refractivity contribution >= 4 is 34.6 Å². The van der Waals surface area contributed by atoms with Gasteiger partial charge in [0.25, 0.3) is 0 Å². The second-order valence-electron chi connectivity index (χ2n) is 6.06. The van der Waals surface area contributed by atoms with Crippen LogP contribution in [0.1, 0.15) is 23.9 Å². The van der Waals surface area contributed by atoms with E-state index in [1.165, 1.54) is 12.3 Å². The number of nitrogens with zero attached hydrogens (tertiary/aromatic N) is 1. The first-order valence-corrected chi connectivity index (χ1v) is 8.69. The largest absolute Gasteiger partial charge is 0.459 e. The number of nitrogens with one attached hydrogen (secondary N) is 3. The van der Waals surface area contributed by atoms with Crippen molar-refractivity contribution in [3.8, 4) is 0 Å². The molecule has 0 aliphatic heterocycles. The fraction of sp³-hybridized carbons (Fsp3) is 0.0952. The zero-order chi connectivity index (χ0) is 19.8. The maximum atomic E-state index is 12.1. The highest BCUT2D eigenvalue weighted by molar-refractivity contribution is 6.06. The third-order valence-corrected chi connectivity index (χ3v) is 3.74. The minimum atomic E-state index is -0.466. The Bertz CT molecular complexity index is 949. The highest BCUT2D eigenvalue weighted by Gasteiger charge is 2.09. The predicted octanol–water partition coefficient (Wildman–Crippen LogP) is 4.16. The third-order valence-electron chi connectivity index (χ3n) is 3.74. The van der Waals surface area contributed by atoms with Crippen LogP contribution in [0.5, 0.6) is 0 Å². The number of hydrogen-bond acceptors (Lipinski definition) is 5. The van der Waals surface area contributed by atoms with Crippen LogP contribution < -0.4 is 16.1 Å². The van der Waals surface area contributed by atoms with E-state index in [2.05, 4.69) is 21.2 Å². The molecule has 7 heteroatoms. The van der Waals surface area contributed by atoms with Crippen LogP contribution in [-0.2, 0) is 4.79 Å². The third kappa shape index (κ3) is 5.57. The maximum Gasteiger partial charge on any atom is 0.307 e. The monoisotopic (exact) mass is 376 g/mol. The van der Waals surface area contributed by atoms with Gasteiger partial charge in [-0.1, -0.05) is 18.2 Å². The number of carbonyl (C=O) groups excluding carboxylic acids is 2. The van der Waals surface area contributed by atoms with E-state index in [4.69, 9.17) is 4.42 Å². The fourth-order valence-electron chi connectivity index (χ4n) is 2.41. The average molecular weight is 376 g/mol. The lowest BCUT2D eigenvalue weighted by atomic mass is 10.2. The van der Waals surface area contributed by atoms with E-state index < -0.39 is 5.91 Å².